The van der Waals surface area contributed by atoms with Crippen molar-refractivity contribution in [3.8, 4) is 22.6 Å². The molecule has 0 amide bonds. The average molecular weight is 367 g/mol. The molecule has 1 aliphatic heterocycles. The molecule has 1 aliphatic rings. The third-order valence-electron chi connectivity index (χ3n) is 4.62. The first-order valence-electron chi connectivity index (χ1n) is 8.87. The van der Waals surface area contributed by atoms with Gasteiger partial charge in [0.25, 0.3) is 0 Å². The van der Waals surface area contributed by atoms with E-state index in [9.17, 15) is 9.90 Å². The molecule has 2 N–H and O–H groups in total. The standard InChI is InChI=1S/C22H25NO4/c1-13-11-22(3,4)23-19-9-8-16(18(12-24)21(13)19)17-7-6-15(27-14(2)25)10-20(17)26-5/h6-11,23-24H,12H2,1-5H3. The lowest BCUT2D eigenvalue weighted by atomic mass is 9.85. The summed E-state index contributed by atoms with van der Waals surface area (Å²) in [6.07, 6.45) is 2.17. The number of fused-ring (bicyclic) bond motifs is 1. The van der Waals surface area contributed by atoms with E-state index >= 15 is 0 Å². The maximum absolute atomic E-state index is 11.2. The van der Waals surface area contributed by atoms with Crippen LogP contribution in [0.5, 0.6) is 11.5 Å². The third-order valence-corrected chi connectivity index (χ3v) is 4.62. The highest BCUT2D eigenvalue weighted by molar-refractivity contribution is 5.88. The summed E-state index contributed by atoms with van der Waals surface area (Å²) in [6.45, 7) is 7.55. The summed E-state index contributed by atoms with van der Waals surface area (Å²) in [5.41, 5.74) is 5.55. The van der Waals surface area contributed by atoms with Crippen LogP contribution >= 0.6 is 0 Å². The molecule has 0 aliphatic carbocycles. The largest absolute Gasteiger partial charge is 0.496 e. The molecule has 3 rings (SSSR count). The second-order valence-corrected chi connectivity index (χ2v) is 7.30. The van der Waals surface area contributed by atoms with Gasteiger partial charge in [-0.1, -0.05) is 12.1 Å². The van der Waals surface area contributed by atoms with Gasteiger partial charge >= 0.3 is 5.97 Å². The number of carbonyl (C=O) groups is 1. The number of esters is 1. The molecule has 2 aromatic rings. The van der Waals surface area contributed by atoms with E-state index in [1.165, 1.54) is 6.92 Å². The average Bonchev–Trinajstić information content (AvgIpc) is 2.59. The van der Waals surface area contributed by atoms with Gasteiger partial charge in [0.2, 0.25) is 0 Å². The number of aliphatic hydroxyl groups is 1. The number of allylic oxidation sites excluding steroid dienone is 1. The molecule has 0 spiro atoms. The molecule has 0 saturated heterocycles. The fraction of sp³-hybridized carbons (Fsp3) is 0.318. The summed E-state index contributed by atoms with van der Waals surface area (Å²) < 4.78 is 10.7. The maximum Gasteiger partial charge on any atom is 0.308 e. The molecule has 0 aromatic heterocycles. The monoisotopic (exact) mass is 367 g/mol. The fourth-order valence-corrected chi connectivity index (χ4v) is 3.74. The van der Waals surface area contributed by atoms with Crippen LogP contribution in [-0.2, 0) is 11.4 Å². The molecule has 0 saturated carbocycles. The van der Waals surface area contributed by atoms with Crippen LogP contribution in [0.15, 0.2) is 36.4 Å². The first-order valence-corrected chi connectivity index (χ1v) is 8.87. The van der Waals surface area contributed by atoms with E-state index in [1.54, 1.807) is 19.2 Å². The third kappa shape index (κ3) is 3.69. The zero-order valence-electron chi connectivity index (χ0n) is 16.3. The highest BCUT2D eigenvalue weighted by Gasteiger charge is 2.26. The lowest BCUT2D eigenvalue weighted by molar-refractivity contribution is -0.131. The van der Waals surface area contributed by atoms with Gasteiger partial charge in [-0.05, 0) is 55.7 Å². The van der Waals surface area contributed by atoms with Crippen molar-refractivity contribution in [3.63, 3.8) is 0 Å². The van der Waals surface area contributed by atoms with Gasteiger partial charge in [-0.15, -0.1) is 0 Å². The number of methoxy groups -OCH3 is 1. The van der Waals surface area contributed by atoms with Gasteiger partial charge in [0.05, 0.1) is 19.3 Å². The number of hydrogen-bond donors (Lipinski definition) is 2. The number of nitrogens with one attached hydrogen (secondary N) is 1. The summed E-state index contributed by atoms with van der Waals surface area (Å²) in [5.74, 6) is 0.615. The summed E-state index contributed by atoms with van der Waals surface area (Å²) in [7, 11) is 1.57. The van der Waals surface area contributed by atoms with Gasteiger partial charge in [0.15, 0.2) is 0 Å². The first-order chi connectivity index (χ1) is 12.8. The van der Waals surface area contributed by atoms with Crippen molar-refractivity contribution < 1.29 is 19.4 Å². The number of aliphatic hydroxyl groups excluding tert-OH is 1. The molecular weight excluding hydrogens is 342 g/mol. The van der Waals surface area contributed by atoms with Crippen LogP contribution in [0.2, 0.25) is 0 Å². The molecular formula is C22H25NO4. The molecule has 142 valence electrons. The predicted octanol–water partition coefficient (Wildman–Crippen LogP) is 4.39. The fourth-order valence-electron chi connectivity index (χ4n) is 3.74. The minimum Gasteiger partial charge on any atom is -0.496 e. The van der Waals surface area contributed by atoms with E-state index < -0.39 is 0 Å². The maximum atomic E-state index is 11.2. The summed E-state index contributed by atoms with van der Waals surface area (Å²) in [5, 5.41) is 13.7. The topological polar surface area (TPSA) is 67.8 Å². The predicted molar refractivity (Wildman–Crippen MR) is 107 cm³/mol. The Morgan fingerprint density at radius 3 is 2.52 bits per heavy atom. The Labute approximate surface area is 159 Å². The van der Waals surface area contributed by atoms with Crippen molar-refractivity contribution in [1.82, 2.24) is 0 Å². The van der Waals surface area contributed by atoms with Gasteiger partial charge in [-0.2, -0.15) is 0 Å². The van der Waals surface area contributed by atoms with E-state index in [0.29, 0.717) is 11.5 Å². The Morgan fingerprint density at radius 2 is 1.89 bits per heavy atom. The number of benzene rings is 2. The van der Waals surface area contributed by atoms with Crippen molar-refractivity contribution >= 4 is 17.2 Å². The molecule has 0 bridgehead atoms. The summed E-state index contributed by atoms with van der Waals surface area (Å²) >= 11 is 0. The summed E-state index contributed by atoms with van der Waals surface area (Å²) in [4.78, 5) is 11.2. The zero-order valence-corrected chi connectivity index (χ0v) is 16.3. The molecule has 5 heteroatoms. The Hall–Kier alpha value is -2.79. The number of anilines is 1. The summed E-state index contributed by atoms with van der Waals surface area (Å²) in [6, 6.07) is 9.26. The molecule has 0 fully saturated rings. The van der Waals surface area contributed by atoms with Crippen LogP contribution in [0.3, 0.4) is 0 Å². The van der Waals surface area contributed by atoms with E-state index in [4.69, 9.17) is 9.47 Å². The number of hydrogen-bond acceptors (Lipinski definition) is 5. The molecule has 0 radical (unpaired) electrons. The number of carbonyl (C=O) groups excluding carboxylic acids is 1. The number of rotatable bonds is 4. The Bertz CT molecular complexity index is 928. The van der Waals surface area contributed by atoms with Gasteiger partial charge in [-0.25, -0.2) is 0 Å². The van der Waals surface area contributed by atoms with Crippen LogP contribution in [0, 0.1) is 0 Å². The second-order valence-electron chi connectivity index (χ2n) is 7.30. The number of ether oxygens (including phenoxy) is 2. The van der Waals surface area contributed by atoms with E-state index in [-0.39, 0.29) is 18.1 Å². The Balaban J connectivity index is 2.16. The van der Waals surface area contributed by atoms with Gasteiger partial charge < -0.3 is 19.9 Å². The second kappa shape index (κ2) is 7.08. The van der Waals surface area contributed by atoms with Crippen molar-refractivity contribution in [2.45, 2.75) is 39.8 Å². The quantitative estimate of drug-likeness (QED) is 0.620. The Kier molecular flexibility index (Phi) is 4.98. The van der Waals surface area contributed by atoms with Crippen LogP contribution in [0.25, 0.3) is 16.7 Å². The van der Waals surface area contributed by atoms with Gasteiger partial charge in [-0.3, -0.25) is 4.79 Å². The first kappa shape index (κ1) is 19.0. The molecule has 27 heavy (non-hydrogen) atoms. The lowest BCUT2D eigenvalue weighted by Crippen LogP contribution is -2.31. The van der Waals surface area contributed by atoms with E-state index in [2.05, 4.69) is 32.2 Å². The molecule has 1 heterocycles. The van der Waals surface area contributed by atoms with Crippen molar-refractivity contribution in [2.24, 2.45) is 0 Å². The van der Waals surface area contributed by atoms with Crippen molar-refractivity contribution in [1.29, 1.82) is 0 Å². The minimum absolute atomic E-state index is 0.0966. The Morgan fingerprint density at radius 1 is 1.19 bits per heavy atom. The van der Waals surface area contributed by atoms with Crippen molar-refractivity contribution in [3.05, 3.63) is 47.5 Å². The van der Waals surface area contributed by atoms with E-state index in [0.717, 1.165) is 33.5 Å². The SMILES string of the molecule is COc1cc(OC(C)=O)ccc1-c1ccc2c(c1CO)C(C)=CC(C)(C)N2. The van der Waals surface area contributed by atoms with Gasteiger partial charge in [0.1, 0.15) is 11.5 Å². The van der Waals surface area contributed by atoms with E-state index in [1.807, 2.05) is 18.2 Å². The van der Waals surface area contributed by atoms with Crippen LogP contribution in [0.4, 0.5) is 5.69 Å². The van der Waals surface area contributed by atoms with Gasteiger partial charge in [0, 0.05) is 29.8 Å². The zero-order chi connectivity index (χ0) is 19.8. The highest BCUT2D eigenvalue weighted by Crippen LogP contribution is 2.43. The molecule has 0 atom stereocenters. The highest BCUT2D eigenvalue weighted by atomic mass is 16.5. The van der Waals surface area contributed by atoms with Crippen LogP contribution in [-0.4, -0.2) is 23.7 Å². The molecule has 0 unspecified atom stereocenters. The minimum atomic E-state index is -0.385. The molecule has 5 nitrogen and oxygen atoms in total. The van der Waals surface area contributed by atoms with Crippen LogP contribution < -0.4 is 14.8 Å². The molecule has 2 aromatic carbocycles. The van der Waals surface area contributed by atoms with Crippen LogP contribution in [0.1, 0.15) is 38.8 Å². The van der Waals surface area contributed by atoms with Crippen molar-refractivity contribution in [2.75, 3.05) is 12.4 Å². The normalized spacial score (nSPS) is 14.7. The lowest BCUT2D eigenvalue weighted by Gasteiger charge is -2.33. The smallest absolute Gasteiger partial charge is 0.308 e.